The number of benzene rings is 1. The molecular weight excluding hydrogens is 366 g/mol. The zero-order valence-electron chi connectivity index (χ0n) is 17.2. The molecule has 1 saturated heterocycles. The Morgan fingerprint density at radius 3 is 2.76 bits per heavy atom. The lowest BCUT2D eigenvalue weighted by molar-refractivity contribution is -0.112. The highest BCUT2D eigenvalue weighted by atomic mass is 16.5. The number of anilines is 1. The second-order valence-electron chi connectivity index (χ2n) is 7.15. The molecule has 0 radical (unpaired) electrons. The first kappa shape index (κ1) is 20.7. The minimum absolute atomic E-state index is 0.0660. The summed E-state index contributed by atoms with van der Waals surface area (Å²) in [7, 11) is 0. The van der Waals surface area contributed by atoms with Crippen molar-refractivity contribution in [2.45, 2.75) is 46.3 Å². The first-order valence-electron chi connectivity index (χ1n) is 9.96. The molecule has 29 heavy (non-hydrogen) atoms. The summed E-state index contributed by atoms with van der Waals surface area (Å²) in [5, 5.41) is 12.3. The van der Waals surface area contributed by atoms with Gasteiger partial charge in [0.25, 0.3) is 5.91 Å². The molecule has 1 aromatic heterocycles. The fraction of sp³-hybridized carbons (Fsp3) is 0.391. The molecule has 6 nitrogen and oxygen atoms in total. The maximum absolute atomic E-state index is 12.6. The third-order valence-corrected chi connectivity index (χ3v) is 5.11. The molecule has 0 bridgehead atoms. The Balaban J connectivity index is 1.75. The quantitative estimate of drug-likeness (QED) is 0.564. The molecule has 0 aliphatic carbocycles. The number of amides is 1. The van der Waals surface area contributed by atoms with Crippen LogP contribution in [0, 0.1) is 25.2 Å². The Morgan fingerprint density at radius 2 is 2.14 bits per heavy atom. The molecule has 1 aliphatic heterocycles. The molecule has 3 rings (SSSR count). The molecule has 152 valence electrons. The lowest BCUT2D eigenvalue weighted by atomic mass is 10.1. The van der Waals surface area contributed by atoms with Gasteiger partial charge in [0.1, 0.15) is 17.4 Å². The van der Waals surface area contributed by atoms with E-state index in [1.807, 2.05) is 32.9 Å². The number of ether oxygens (including phenoxy) is 2. The topological polar surface area (TPSA) is 76.3 Å². The monoisotopic (exact) mass is 393 g/mol. The van der Waals surface area contributed by atoms with Crippen molar-refractivity contribution in [1.29, 1.82) is 5.26 Å². The van der Waals surface area contributed by atoms with Crippen LogP contribution in [0.15, 0.2) is 35.9 Å². The van der Waals surface area contributed by atoms with Gasteiger partial charge in [0.05, 0.1) is 12.7 Å². The Labute approximate surface area is 171 Å². The number of nitriles is 1. The molecule has 6 heteroatoms. The summed E-state index contributed by atoms with van der Waals surface area (Å²) in [4.78, 5) is 12.6. The third kappa shape index (κ3) is 5.07. The number of carbonyl (C=O) groups is 1. The van der Waals surface area contributed by atoms with Crippen molar-refractivity contribution in [3.63, 3.8) is 0 Å². The molecule has 2 heterocycles. The fourth-order valence-electron chi connectivity index (χ4n) is 3.55. The third-order valence-electron chi connectivity index (χ3n) is 5.11. The minimum Gasteiger partial charge on any atom is -0.494 e. The Bertz CT molecular complexity index is 930. The van der Waals surface area contributed by atoms with E-state index in [1.54, 1.807) is 30.3 Å². The van der Waals surface area contributed by atoms with Gasteiger partial charge >= 0.3 is 0 Å². The largest absolute Gasteiger partial charge is 0.494 e. The maximum Gasteiger partial charge on any atom is 0.266 e. The van der Waals surface area contributed by atoms with Crippen LogP contribution in [-0.4, -0.2) is 29.8 Å². The van der Waals surface area contributed by atoms with E-state index in [1.165, 1.54) is 0 Å². The predicted molar refractivity (Wildman–Crippen MR) is 113 cm³/mol. The van der Waals surface area contributed by atoms with Crippen LogP contribution < -0.4 is 10.1 Å². The van der Waals surface area contributed by atoms with Crippen molar-refractivity contribution in [3.05, 3.63) is 52.9 Å². The van der Waals surface area contributed by atoms with E-state index in [2.05, 4.69) is 9.88 Å². The van der Waals surface area contributed by atoms with Crippen molar-refractivity contribution in [1.82, 2.24) is 4.57 Å². The molecule has 1 aliphatic rings. The molecule has 1 N–H and O–H groups in total. The summed E-state index contributed by atoms with van der Waals surface area (Å²) in [6.07, 6.45) is 4.05. The van der Waals surface area contributed by atoms with E-state index in [-0.39, 0.29) is 11.7 Å². The highest BCUT2D eigenvalue weighted by molar-refractivity contribution is 6.09. The van der Waals surface area contributed by atoms with E-state index < -0.39 is 5.91 Å². The van der Waals surface area contributed by atoms with Gasteiger partial charge in [0, 0.05) is 30.2 Å². The van der Waals surface area contributed by atoms with Crippen molar-refractivity contribution in [3.8, 4) is 11.8 Å². The van der Waals surface area contributed by atoms with Crippen molar-refractivity contribution in [2.24, 2.45) is 0 Å². The Hall–Kier alpha value is -3.04. The fourth-order valence-corrected chi connectivity index (χ4v) is 3.55. The van der Waals surface area contributed by atoms with Crippen LogP contribution in [-0.2, 0) is 16.1 Å². The number of aromatic nitrogens is 1. The van der Waals surface area contributed by atoms with Gasteiger partial charge in [-0.1, -0.05) is 0 Å². The normalized spacial score (nSPS) is 16.5. The first-order valence-corrected chi connectivity index (χ1v) is 9.96. The van der Waals surface area contributed by atoms with Crippen LogP contribution in [0.1, 0.15) is 36.7 Å². The maximum atomic E-state index is 12.6. The summed E-state index contributed by atoms with van der Waals surface area (Å²) >= 11 is 0. The highest BCUT2D eigenvalue weighted by Gasteiger charge is 2.19. The second kappa shape index (κ2) is 9.44. The van der Waals surface area contributed by atoms with Gasteiger partial charge in [0.15, 0.2) is 0 Å². The molecule has 0 spiro atoms. The van der Waals surface area contributed by atoms with E-state index in [0.717, 1.165) is 48.7 Å². The van der Waals surface area contributed by atoms with Crippen molar-refractivity contribution >= 4 is 17.7 Å². The van der Waals surface area contributed by atoms with Gasteiger partial charge in [-0.05, 0) is 75.6 Å². The van der Waals surface area contributed by atoms with Gasteiger partial charge < -0.3 is 19.4 Å². The molecule has 1 aromatic carbocycles. The average Bonchev–Trinajstić information content (AvgIpc) is 3.31. The smallest absolute Gasteiger partial charge is 0.266 e. The first-order chi connectivity index (χ1) is 14.0. The Kier molecular flexibility index (Phi) is 6.73. The summed E-state index contributed by atoms with van der Waals surface area (Å²) in [6, 6.07) is 11.1. The predicted octanol–water partition coefficient (Wildman–Crippen LogP) is 4.23. The van der Waals surface area contributed by atoms with Gasteiger partial charge in [-0.2, -0.15) is 5.26 Å². The van der Waals surface area contributed by atoms with Crippen molar-refractivity contribution in [2.75, 3.05) is 18.5 Å². The summed E-state index contributed by atoms with van der Waals surface area (Å²) in [6.45, 7) is 8.15. The molecule has 1 atom stereocenters. The van der Waals surface area contributed by atoms with E-state index in [9.17, 15) is 10.1 Å². The standard InChI is InChI=1S/C23H27N3O3/c1-4-28-21-9-7-20(8-10-21)25-23(27)19(14-24)13-18-12-16(2)26(17(18)3)15-22-6-5-11-29-22/h7-10,12-13,22H,4-6,11,15H2,1-3H3,(H,25,27)/b19-13+/t22-/m0/s1. The van der Waals surface area contributed by atoms with E-state index in [4.69, 9.17) is 9.47 Å². The van der Waals surface area contributed by atoms with E-state index >= 15 is 0 Å². The zero-order chi connectivity index (χ0) is 20.8. The molecule has 0 saturated carbocycles. The number of nitrogens with one attached hydrogen (secondary N) is 1. The summed E-state index contributed by atoms with van der Waals surface area (Å²) < 4.78 is 13.3. The number of carbonyl (C=O) groups excluding carboxylic acids is 1. The molecule has 2 aromatic rings. The van der Waals surface area contributed by atoms with E-state index in [0.29, 0.717) is 12.3 Å². The summed E-state index contributed by atoms with van der Waals surface area (Å²) in [5.74, 6) is 0.306. The van der Waals surface area contributed by atoms with Crippen LogP contribution in [0.4, 0.5) is 5.69 Å². The van der Waals surface area contributed by atoms with Gasteiger partial charge in [-0.25, -0.2) is 0 Å². The number of nitrogens with zero attached hydrogens (tertiary/aromatic N) is 2. The van der Waals surface area contributed by atoms with Gasteiger partial charge in [-0.3, -0.25) is 4.79 Å². The second-order valence-corrected chi connectivity index (χ2v) is 7.15. The lowest BCUT2D eigenvalue weighted by Crippen LogP contribution is -2.17. The van der Waals surface area contributed by atoms with Gasteiger partial charge in [-0.15, -0.1) is 0 Å². The molecule has 1 amide bonds. The minimum atomic E-state index is -0.430. The number of hydrogen-bond acceptors (Lipinski definition) is 4. The molecule has 0 unspecified atom stereocenters. The van der Waals surface area contributed by atoms with Crippen LogP contribution in [0.3, 0.4) is 0 Å². The van der Waals surface area contributed by atoms with Gasteiger partial charge in [0.2, 0.25) is 0 Å². The SMILES string of the molecule is CCOc1ccc(NC(=O)/C(C#N)=C/c2cc(C)n(C[C@@H]3CCCO3)c2C)cc1. The number of rotatable bonds is 7. The van der Waals surface area contributed by atoms with Crippen LogP contribution >= 0.6 is 0 Å². The average molecular weight is 393 g/mol. The van der Waals surface area contributed by atoms with Crippen LogP contribution in [0.25, 0.3) is 6.08 Å². The highest BCUT2D eigenvalue weighted by Crippen LogP contribution is 2.23. The number of hydrogen-bond donors (Lipinski definition) is 1. The number of aryl methyl sites for hydroxylation is 1. The molecular formula is C23H27N3O3. The summed E-state index contributed by atoms with van der Waals surface area (Å²) in [5.41, 5.74) is 3.67. The lowest BCUT2D eigenvalue weighted by Gasteiger charge is -2.14. The van der Waals surface area contributed by atoms with Crippen molar-refractivity contribution < 1.29 is 14.3 Å². The van der Waals surface area contributed by atoms with Crippen LogP contribution in [0.2, 0.25) is 0 Å². The zero-order valence-corrected chi connectivity index (χ0v) is 17.2. The molecule has 1 fully saturated rings. The van der Waals surface area contributed by atoms with Crippen LogP contribution in [0.5, 0.6) is 5.75 Å². The Morgan fingerprint density at radius 1 is 1.38 bits per heavy atom.